The smallest absolute Gasteiger partial charge is 0.303 e. The number of hydrogen-bond donors (Lipinski definition) is 1. The summed E-state index contributed by atoms with van der Waals surface area (Å²) in [6.07, 6.45) is 26.3. The molecule has 0 amide bonds. The Bertz CT molecular complexity index is 327. The minimum Gasteiger partial charge on any atom is -0.481 e. The van der Waals surface area contributed by atoms with E-state index in [1.807, 2.05) is 0 Å². The van der Waals surface area contributed by atoms with Gasteiger partial charge in [0.15, 0.2) is 0 Å². The summed E-state index contributed by atoms with van der Waals surface area (Å²) < 4.78 is 0. The average molecular weight is 306 g/mol. The first kappa shape index (κ1) is 20.7. The predicted molar refractivity (Wildman–Crippen MR) is 96.1 cm³/mol. The molecule has 0 radical (unpaired) electrons. The van der Waals surface area contributed by atoms with E-state index in [4.69, 9.17) is 5.11 Å². The third-order valence-electron chi connectivity index (χ3n) is 3.52. The van der Waals surface area contributed by atoms with Crippen LogP contribution in [0.2, 0.25) is 0 Å². The van der Waals surface area contributed by atoms with Crippen LogP contribution >= 0.6 is 0 Å². The van der Waals surface area contributed by atoms with Gasteiger partial charge in [-0.25, -0.2) is 0 Å². The van der Waals surface area contributed by atoms with Crippen molar-refractivity contribution in [2.45, 2.75) is 84.0 Å². The highest BCUT2D eigenvalue weighted by Gasteiger charge is 1.96. The molecule has 0 fully saturated rings. The van der Waals surface area contributed by atoms with E-state index < -0.39 is 5.97 Å². The molecule has 0 saturated carbocycles. The Morgan fingerprint density at radius 2 is 1.27 bits per heavy atom. The fourth-order valence-corrected chi connectivity index (χ4v) is 2.23. The summed E-state index contributed by atoms with van der Waals surface area (Å²) in [5.74, 6) is -0.669. The van der Waals surface area contributed by atoms with Crippen molar-refractivity contribution in [1.29, 1.82) is 0 Å². The Kier molecular flexibility index (Phi) is 16.7. The molecular weight excluding hydrogens is 272 g/mol. The van der Waals surface area contributed by atoms with E-state index in [0.717, 1.165) is 38.5 Å². The van der Waals surface area contributed by atoms with Crippen molar-refractivity contribution in [2.24, 2.45) is 0 Å². The van der Waals surface area contributed by atoms with E-state index in [1.165, 1.54) is 32.1 Å². The van der Waals surface area contributed by atoms with Crippen molar-refractivity contribution in [2.75, 3.05) is 0 Å². The second-order valence-corrected chi connectivity index (χ2v) is 5.69. The van der Waals surface area contributed by atoms with Crippen molar-refractivity contribution in [3.8, 4) is 0 Å². The van der Waals surface area contributed by atoms with Crippen molar-refractivity contribution >= 4 is 5.97 Å². The minimum absolute atomic E-state index is 0.325. The summed E-state index contributed by atoms with van der Waals surface area (Å²) in [7, 11) is 0. The molecule has 22 heavy (non-hydrogen) atoms. The van der Waals surface area contributed by atoms with Gasteiger partial charge in [0.05, 0.1) is 0 Å². The SMILES string of the molecule is CCC=CCC=CCCC=CCCCCCCCCC(=O)O. The molecule has 0 saturated heterocycles. The molecule has 0 aromatic rings. The number of carboxylic acid groups (broad SMARTS) is 1. The number of carbonyl (C=O) groups is 1. The van der Waals surface area contributed by atoms with Crippen LogP contribution in [0, 0.1) is 0 Å². The average Bonchev–Trinajstić information content (AvgIpc) is 2.50. The molecule has 0 aliphatic carbocycles. The van der Waals surface area contributed by atoms with Crippen LogP contribution in [-0.2, 0) is 4.79 Å². The third kappa shape index (κ3) is 18.7. The van der Waals surface area contributed by atoms with Gasteiger partial charge in [-0.1, -0.05) is 69.1 Å². The molecule has 0 rings (SSSR count). The highest BCUT2D eigenvalue weighted by atomic mass is 16.4. The van der Waals surface area contributed by atoms with Crippen LogP contribution in [0.25, 0.3) is 0 Å². The molecule has 2 heteroatoms. The van der Waals surface area contributed by atoms with E-state index in [2.05, 4.69) is 43.4 Å². The highest BCUT2D eigenvalue weighted by Crippen LogP contribution is 2.09. The Balaban J connectivity index is 3.21. The van der Waals surface area contributed by atoms with Crippen LogP contribution in [0.3, 0.4) is 0 Å². The van der Waals surface area contributed by atoms with Crippen molar-refractivity contribution in [3.63, 3.8) is 0 Å². The number of allylic oxidation sites excluding steroid dienone is 6. The maximum absolute atomic E-state index is 10.3. The zero-order valence-corrected chi connectivity index (χ0v) is 14.3. The summed E-state index contributed by atoms with van der Waals surface area (Å²) in [5.41, 5.74) is 0. The minimum atomic E-state index is -0.669. The normalized spacial score (nSPS) is 12.0. The van der Waals surface area contributed by atoms with Crippen LogP contribution in [0.1, 0.15) is 84.0 Å². The lowest BCUT2D eigenvalue weighted by Crippen LogP contribution is -1.93. The molecule has 0 unspecified atom stereocenters. The first-order valence-electron chi connectivity index (χ1n) is 8.94. The van der Waals surface area contributed by atoms with Gasteiger partial charge >= 0.3 is 5.97 Å². The summed E-state index contributed by atoms with van der Waals surface area (Å²) >= 11 is 0. The van der Waals surface area contributed by atoms with E-state index in [9.17, 15) is 4.79 Å². The van der Waals surface area contributed by atoms with Gasteiger partial charge in [-0.2, -0.15) is 0 Å². The van der Waals surface area contributed by atoms with Crippen LogP contribution in [-0.4, -0.2) is 11.1 Å². The molecule has 1 N–H and O–H groups in total. The molecule has 0 spiro atoms. The molecule has 0 heterocycles. The van der Waals surface area contributed by atoms with Gasteiger partial charge in [-0.3, -0.25) is 4.79 Å². The van der Waals surface area contributed by atoms with Gasteiger partial charge in [-0.05, 0) is 44.9 Å². The number of unbranched alkanes of at least 4 members (excludes halogenated alkanes) is 7. The Morgan fingerprint density at radius 1 is 0.727 bits per heavy atom. The summed E-state index contributed by atoms with van der Waals surface area (Å²) in [6.45, 7) is 2.16. The predicted octanol–water partition coefficient (Wildman–Crippen LogP) is 6.44. The molecule has 0 bridgehead atoms. The molecule has 0 aromatic carbocycles. The van der Waals surface area contributed by atoms with Crippen LogP contribution in [0.4, 0.5) is 0 Å². The molecule has 0 aliphatic rings. The lowest BCUT2D eigenvalue weighted by atomic mass is 10.1. The molecular formula is C20H34O2. The summed E-state index contributed by atoms with van der Waals surface area (Å²) in [6, 6.07) is 0. The zero-order valence-electron chi connectivity index (χ0n) is 14.3. The second-order valence-electron chi connectivity index (χ2n) is 5.69. The maximum Gasteiger partial charge on any atom is 0.303 e. The second kappa shape index (κ2) is 17.7. The van der Waals surface area contributed by atoms with Gasteiger partial charge in [0.1, 0.15) is 0 Å². The monoisotopic (exact) mass is 306 g/mol. The lowest BCUT2D eigenvalue weighted by Gasteiger charge is -1.99. The van der Waals surface area contributed by atoms with Gasteiger partial charge < -0.3 is 5.11 Å². The van der Waals surface area contributed by atoms with Crippen molar-refractivity contribution < 1.29 is 9.90 Å². The highest BCUT2D eigenvalue weighted by molar-refractivity contribution is 5.66. The van der Waals surface area contributed by atoms with E-state index in [0.29, 0.717) is 6.42 Å². The topological polar surface area (TPSA) is 37.3 Å². The van der Waals surface area contributed by atoms with E-state index in [1.54, 1.807) is 0 Å². The van der Waals surface area contributed by atoms with Crippen LogP contribution < -0.4 is 0 Å². The zero-order chi connectivity index (χ0) is 16.3. The Hall–Kier alpha value is -1.31. The lowest BCUT2D eigenvalue weighted by molar-refractivity contribution is -0.137. The van der Waals surface area contributed by atoms with Crippen LogP contribution in [0.5, 0.6) is 0 Å². The largest absolute Gasteiger partial charge is 0.481 e. The molecule has 0 aliphatic heterocycles. The molecule has 0 aromatic heterocycles. The third-order valence-corrected chi connectivity index (χ3v) is 3.52. The Morgan fingerprint density at radius 3 is 1.95 bits per heavy atom. The maximum atomic E-state index is 10.3. The van der Waals surface area contributed by atoms with Gasteiger partial charge in [0, 0.05) is 6.42 Å². The molecule has 126 valence electrons. The first-order valence-corrected chi connectivity index (χ1v) is 8.94. The van der Waals surface area contributed by atoms with Crippen LogP contribution in [0.15, 0.2) is 36.5 Å². The fraction of sp³-hybridized carbons (Fsp3) is 0.650. The first-order chi connectivity index (χ1) is 10.8. The number of aliphatic carboxylic acids is 1. The molecule has 2 nitrogen and oxygen atoms in total. The summed E-state index contributed by atoms with van der Waals surface area (Å²) in [4.78, 5) is 10.3. The van der Waals surface area contributed by atoms with Gasteiger partial charge in [0.2, 0.25) is 0 Å². The van der Waals surface area contributed by atoms with Gasteiger partial charge in [0.25, 0.3) is 0 Å². The quantitative estimate of drug-likeness (QED) is 0.279. The Labute approximate surface area is 137 Å². The molecule has 0 atom stereocenters. The van der Waals surface area contributed by atoms with Gasteiger partial charge in [-0.15, -0.1) is 0 Å². The fourth-order valence-electron chi connectivity index (χ4n) is 2.23. The van der Waals surface area contributed by atoms with E-state index in [-0.39, 0.29) is 0 Å². The van der Waals surface area contributed by atoms with Crippen molar-refractivity contribution in [1.82, 2.24) is 0 Å². The van der Waals surface area contributed by atoms with E-state index >= 15 is 0 Å². The number of carboxylic acids is 1. The van der Waals surface area contributed by atoms with Crippen molar-refractivity contribution in [3.05, 3.63) is 36.5 Å². The number of rotatable bonds is 15. The standard InChI is InChI=1S/C20H34O2/c1-2-3-4-5-6-7-8-9-10-11-12-13-14-15-16-17-18-19-20(21)22/h3-4,6-7,10-11H,2,5,8-9,12-19H2,1H3,(H,21,22). The number of hydrogen-bond acceptors (Lipinski definition) is 1. The summed E-state index contributed by atoms with van der Waals surface area (Å²) in [5, 5.41) is 8.52.